The third-order valence-electron chi connectivity index (χ3n) is 3.11. The van der Waals surface area contributed by atoms with Crippen molar-refractivity contribution >= 4 is 15.9 Å². The lowest BCUT2D eigenvalue weighted by Gasteiger charge is -2.19. The molecule has 1 N–H and O–H groups in total. The van der Waals surface area contributed by atoms with E-state index >= 15 is 0 Å². The van der Waals surface area contributed by atoms with Crippen molar-refractivity contribution in [3.05, 3.63) is 68.9 Å². The van der Waals surface area contributed by atoms with Crippen molar-refractivity contribution in [1.82, 2.24) is 5.32 Å². The highest BCUT2D eigenvalue weighted by Gasteiger charge is 2.21. The number of hydrogen-bond donors (Lipinski definition) is 1. The van der Waals surface area contributed by atoms with Crippen LogP contribution < -0.4 is 5.32 Å². The molecule has 1 atom stereocenters. The lowest BCUT2D eigenvalue weighted by molar-refractivity contribution is 0.535. The lowest BCUT2D eigenvalue weighted by Crippen LogP contribution is -2.20. The third-order valence-corrected chi connectivity index (χ3v) is 3.71. The molecule has 2 aromatic rings. The fraction of sp³-hybridized carbons (Fsp3) is 0.200. The van der Waals surface area contributed by atoms with E-state index in [0.29, 0.717) is 0 Å². The maximum atomic E-state index is 14.0. The van der Waals surface area contributed by atoms with E-state index in [2.05, 4.69) is 21.2 Å². The standard InChI is InChI=1S/C15H13BrF3N/c1-8-3-4-9(12(17)5-8)15(20-2)10-6-14(19)11(16)7-13(10)18/h3-7,15,20H,1-2H3. The second-order valence-corrected chi connectivity index (χ2v) is 5.39. The van der Waals surface area contributed by atoms with Gasteiger partial charge in [-0.2, -0.15) is 0 Å². The minimum absolute atomic E-state index is 0.0398. The maximum Gasteiger partial charge on any atom is 0.137 e. The summed E-state index contributed by atoms with van der Waals surface area (Å²) in [4.78, 5) is 0. The topological polar surface area (TPSA) is 12.0 Å². The van der Waals surface area contributed by atoms with Crippen LogP contribution in [0.2, 0.25) is 0 Å². The van der Waals surface area contributed by atoms with E-state index in [0.717, 1.165) is 17.7 Å². The average molecular weight is 344 g/mol. The summed E-state index contributed by atoms with van der Waals surface area (Å²) in [5, 5.41) is 2.82. The fourth-order valence-corrected chi connectivity index (χ4v) is 2.42. The summed E-state index contributed by atoms with van der Waals surface area (Å²) in [6.45, 7) is 1.77. The molecular formula is C15H13BrF3N. The SMILES string of the molecule is CNC(c1ccc(C)cc1F)c1cc(F)c(Br)cc1F. The van der Waals surface area contributed by atoms with Crippen LogP contribution in [0.4, 0.5) is 13.2 Å². The van der Waals surface area contributed by atoms with Crippen LogP contribution in [0.25, 0.3) is 0 Å². The average Bonchev–Trinajstić information content (AvgIpc) is 2.38. The largest absolute Gasteiger partial charge is 0.309 e. The highest BCUT2D eigenvalue weighted by atomic mass is 79.9. The van der Waals surface area contributed by atoms with Crippen LogP contribution >= 0.6 is 15.9 Å². The molecule has 0 fully saturated rings. The molecule has 2 rings (SSSR count). The molecule has 0 saturated heterocycles. The van der Waals surface area contributed by atoms with E-state index in [9.17, 15) is 13.2 Å². The van der Waals surface area contributed by atoms with Gasteiger partial charge in [-0.15, -0.1) is 0 Å². The van der Waals surface area contributed by atoms with E-state index in [-0.39, 0.29) is 15.6 Å². The summed E-state index contributed by atoms with van der Waals surface area (Å²) >= 11 is 2.92. The van der Waals surface area contributed by atoms with Gasteiger partial charge >= 0.3 is 0 Å². The van der Waals surface area contributed by atoms with Gasteiger partial charge in [0.1, 0.15) is 17.5 Å². The summed E-state index contributed by atoms with van der Waals surface area (Å²) in [6, 6.07) is 6.03. The van der Waals surface area contributed by atoms with Crippen LogP contribution in [0.5, 0.6) is 0 Å². The first-order valence-corrected chi connectivity index (χ1v) is 6.81. The Bertz CT molecular complexity index is 643. The van der Waals surface area contributed by atoms with Crippen LogP contribution in [0.1, 0.15) is 22.7 Å². The molecule has 20 heavy (non-hydrogen) atoms. The molecule has 0 amide bonds. The summed E-state index contributed by atoms with van der Waals surface area (Å²) in [7, 11) is 1.57. The van der Waals surface area contributed by atoms with Crippen LogP contribution in [0, 0.1) is 24.4 Å². The van der Waals surface area contributed by atoms with Gasteiger partial charge in [0.15, 0.2) is 0 Å². The predicted molar refractivity (Wildman–Crippen MR) is 76.1 cm³/mol. The van der Waals surface area contributed by atoms with Crippen molar-refractivity contribution in [2.45, 2.75) is 13.0 Å². The van der Waals surface area contributed by atoms with Gasteiger partial charge in [-0.25, -0.2) is 13.2 Å². The molecule has 0 aliphatic heterocycles. The van der Waals surface area contributed by atoms with Crippen molar-refractivity contribution in [3.8, 4) is 0 Å². The maximum absolute atomic E-state index is 14.0. The highest BCUT2D eigenvalue weighted by Crippen LogP contribution is 2.29. The molecule has 0 saturated carbocycles. The summed E-state index contributed by atoms with van der Waals surface area (Å²) < 4.78 is 41.7. The van der Waals surface area contributed by atoms with E-state index in [1.165, 1.54) is 6.07 Å². The molecule has 2 aromatic carbocycles. The van der Waals surface area contributed by atoms with Crippen LogP contribution in [0.3, 0.4) is 0 Å². The Labute approximate surface area is 123 Å². The monoisotopic (exact) mass is 343 g/mol. The van der Waals surface area contributed by atoms with E-state index < -0.39 is 23.5 Å². The van der Waals surface area contributed by atoms with Crippen LogP contribution in [-0.4, -0.2) is 7.05 Å². The van der Waals surface area contributed by atoms with Crippen molar-refractivity contribution in [3.63, 3.8) is 0 Å². The van der Waals surface area contributed by atoms with E-state index in [4.69, 9.17) is 0 Å². The zero-order chi connectivity index (χ0) is 14.9. The first-order chi connectivity index (χ1) is 9.43. The Kier molecular flexibility index (Phi) is 4.50. The summed E-state index contributed by atoms with van der Waals surface area (Å²) in [5.41, 5.74) is 1.11. The van der Waals surface area contributed by atoms with Gasteiger partial charge in [-0.3, -0.25) is 0 Å². The van der Waals surface area contributed by atoms with Gasteiger partial charge in [0.25, 0.3) is 0 Å². The Morgan fingerprint density at radius 1 is 0.950 bits per heavy atom. The van der Waals surface area contributed by atoms with Gasteiger partial charge in [-0.1, -0.05) is 12.1 Å². The zero-order valence-electron chi connectivity index (χ0n) is 11.0. The molecule has 1 unspecified atom stereocenters. The molecule has 0 spiro atoms. The number of aryl methyl sites for hydroxylation is 1. The number of hydrogen-bond acceptors (Lipinski definition) is 1. The van der Waals surface area contributed by atoms with Gasteiger partial charge in [0, 0.05) is 11.1 Å². The molecular weight excluding hydrogens is 331 g/mol. The first kappa shape index (κ1) is 15.1. The quantitative estimate of drug-likeness (QED) is 0.810. The Balaban J connectivity index is 2.55. The van der Waals surface area contributed by atoms with E-state index in [1.54, 1.807) is 26.1 Å². The highest BCUT2D eigenvalue weighted by molar-refractivity contribution is 9.10. The second kappa shape index (κ2) is 5.97. The minimum Gasteiger partial charge on any atom is -0.309 e. The van der Waals surface area contributed by atoms with Crippen molar-refractivity contribution in [1.29, 1.82) is 0 Å². The molecule has 1 nitrogen and oxygen atoms in total. The molecule has 0 aromatic heterocycles. The molecule has 0 heterocycles. The Morgan fingerprint density at radius 2 is 1.60 bits per heavy atom. The molecule has 5 heteroatoms. The minimum atomic E-state index is -0.752. The van der Waals surface area contributed by atoms with Crippen LogP contribution in [0.15, 0.2) is 34.8 Å². The molecule has 0 aliphatic carbocycles. The third kappa shape index (κ3) is 2.88. The fourth-order valence-electron chi connectivity index (χ4n) is 2.10. The summed E-state index contributed by atoms with van der Waals surface area (Å²) in [6.07, 6.45) is 0. The Morgan fingerprint density at radius 3 is 2.20 bits per heavy atom. The molecule has 0 radical (unpaired) electrons. The number of rotatable bonds is 3. The summed E-state index contributed by atoms with van der Waals surface area (Å²) in [5.74, 6) is -1.64. The zero-order valence-corrected chi connectivity index (χ0v) is 12.6. The smallest absolute Gasteiger partial charge is 0.137 e. The van der Waals surface area contributed by atoms with Gasteiger partial charge < -0.3 is 5.32 Å². The normalized spacial score (nSPS) is 12.5. The molecule has 0 aliphatic rings. The van der Waals surface area contributed by atoms with Gasteiger partial charge in [-0.05, 0) is 53.7 Å². The number of nitrogens with one attached hydrogen (secondary N) is 1. The molecule has 106 valence electrons. The van der Waals surface area contributed by atoms with Crippen LogP contribution in [-0.2, 0) is 0 Å². The van der Waals surface area contributed by atoms with Crippen molar-refractivity contribution in [2.24, 2.45) is 0 Å². The number of halogens is 4. The van der Waals surface area contributed by atoms with Crippen molar-refractivity contribution in [2.75, 3.05) is 7.05 Å². The first-order valence-electron chi connectivity index (χ1n) is 6.01. The number of benzene rings is 2. The van der Waals surface area contributed by atoms with Gasteiger partial charge in [0.05, 0.1) is 10.5 Å². The molecule has 0 bridgehead atoms. The van der Waals surface area contributed by atoms with Gasteiger partial charge in [0.2, 0.25) is 0 Å². The predicted octanol–water partition coefficient (Wildman–Crippen LogP) is 4.48. The van der Waals surface area contributed by atoms with Crippen molar-refractivity contribution < 1.29 is 13.2 Å². The van der Waals surface area contributed by atoms with E-state index in [1.807, 2.05) is 0 Å². The lowest BCUT2D eigenvalue weighted by atomic mass is 9.97. The second-order valence-electron chi connectivity index (χ2n) is 4.53. The Hall–Kier alpha value is -1.33.